The topological polar surface area (TPSA) is 57.0 Å². The van der Waals surface area contributed by atoms with Crippen LogP contribution in [0.4, 0.5) is 0 Å². The van der Waals surface area contributed by atoms with Crippen LogP contribution < -0.4 is 0 Å². The number of allylic oxidation sites excluding steroid dienone is 1. The van der Waals surface area contributed by atoms with Crippen LogP contribution in [0.5, 0.6) is 0 Å². The third-order valence-electron chi connectivity index (χ3n) is 1.63. The van der Waals surface area contributed by atoms with Crippen LogP contribution in [0.25, 0.3) is 0 Å². The average molecular weight is 181 g/mol. The van der Waals surface area contributed by atoms with Gasteiger partial charge in [0.05, 0.1) is 13.2 Å². The number of carbonyl (C=O) groups is 1. The second-order valence-corrected chi connectivity index (χ2v) is 2.52. The summed E-state index contributed by atoms with van der Waals surface area (Å²) in [5, 5.41) is 3.91. The van der Waals surface area contributed by atoms with Gasteiger partial charge in [0.25, 0.3) is 5.82 Å². The summed E-state index contributed by atoms with van der Waals surface area (Å²) in [6, 6.07) is 0.0194. The predicted molar refractivity (Wildman–Crippen MR) is 46.3 cm³/mol. The van der Waals surface area contributed by atoms with Gasteiger partial charge in [-0.05, 0) is 6.92 Å². The maximum absolute atomic E-state index is 11.0. The van der Waals surface area contributed by atoms with Gasteiger partial charge in [-0.1, -0.05) is 6.08 Å². The lowest BCUT2D eigenvalue weighted by molar-refractivity contribution is 0.0586. The number of esters is 1. The molecule has 0 aliphatic carbocycles. The van der Waals surface area contributed by atoms with Crippen molar-refractivity contribution in [2.75, 3.05) is 7.11 Å². The van der Waals surface area contributed by atoms with Crippen molar-refractivity contribution in [1.29, 1.82) is 0 Å². The van der Waals surface area contributed by atoms with Gasteiger partial charge in [0, 0.05) is 0 Å². The van der Waals surface area contributed by atoms with Crippen molar-refractivity contribution in [2.24, 2.45) is 0 Å². The number of rotatable bonds is 3. The fraction of sp³-hybridized carbons (Fsp3) is 0.375. The smallest absolute Gasteiger partial charge is 0.377 e. The molecule has 1 heterocycles. The van der Waals surface area contributed by atoms with E-state index in [9.17, 15) is 4.79 Å². The van der Waals surface area contributed by atoms with Crippen molar-refractivity contribution in [3.63, 3.8) is 0 Å². The van der Waals surface area contributed by atoms with Crippen LogP contribution in [0, 0.1) is 0 Å². The Morgan fingerprint density at radius 3 is 3.08 bits per heavy atom. The highest BCUT2D eigenvalue weighted by Crippen LogP contribution is 2.03. The van der Waals surface area contributed by atoms with E-state index in [0.717, 1.165) is 0 Å². The fourth-order valence-electron chi connectivity index (χ4n) is 0.764. The summed E-state index contributed by atoms with van der Waals surface area (Å²) < 4.78 is 6.00. The molecule has 0 N–H and O–H groups in total. The van der Waals surface area contributed by atoms with Crippen molar-refractivity contribution >= 4 is 5.97 Å². The standard InChI is InChI=1S/C8H11N3O2/c1-4-6(2)11-5-9-7(10-11)8(12)13-3/h4-6H,1H2,2-3H3. The summed E-state index contributed by atoms with van der Waals surface area (Å²) in [5.74, 6) is -0.466. The van der Waals surface area contributed by atoms with Gasteiger partial charge >= 0.3 is 5.97 Å². The Morgan fingerprint density at radius 2 is 2.54 bits per heavy atom. The van der Waals surface area contributed by atoms with Gasteiger partial charge < -0.3 is 4.74 Å². The molecule has 0 spiro atoms. The maximum Gasteiger partial charge on any atom is 0.377 e. The van der Waals surface area contributed by atoms with E-state index >= 15 is 0 Å². The zero-order valence-electron chi connectivity index (χ0n) is 7.60. The van der Waals surface area contributed by atoms with Crippen LogP contribution in [0.15, 0.2) is 19.0 Å². The molecule has 1 atom stereocenters. The summed E-state index contributed by atoms with van der Waals surface area (Å²) in [6.45, 7) is 5.50. The van der Waals surface area contributed by atoms with Crippen LogP contribution in [0.1, 0.15) is 23.6 Å². The van der Waals surface area contributed by atoms with Gasteiger partial charge in [-0.3, -0.25) is 0 Å². The van der Waals surface area contributed by atoms with E-state index in [4.69, 9.17) is 0 Å². The van der Waals surface area contributed by atoms with Crippen LogP contribution in [0.3, 0.4) is 0 Å². The van der Waals surface area contributed by atoms with E-state index in [0.29, 0.717) is 0 Å². The molecule has 1 aromatic rings. The molecule has 5 nitrogen and oxygen atoms in total. The van der Waals surface area contributed by atoms with Crippen LogP contribution >= 0.6 is 0 Å². The fourth-order valence-corrected chi connectivity index (χ4v) is 0.764. The number of methoxy groups -OCH3 is 1. The summed E-state index contributed by atoms with van der Waals surface area (Å²) >= 11 is 0. The Labute approximate surface area is 76.0 Å². The van der Waals surface area contributed by atoms with Gasteiger partial charge in [-0.15, -0.1) is 11.7 Å². The molecule has 0 saturated heterocycles. The lowest BCUT2D eigenvalue weighted by Crippen LogP contribution is -2.07. The Bertz CT molecular complexity index is 319. The average Bonchev–Trinajstić information content (AvgIpc) is 2.64. The molecule has 5 heteroatoms. The number of ether oxygens (including phenoxy) is 1. The number of hydrogen-bond donors (Lipinski definition) is 0. The van der Waals surface area contributed by atoms with Crippen LogP contribution in [0.2, 0.25) is 0 Å². The number of nitrogens with zero attached hydrogens (tertiary/aromatic N) is 3. The second-order valence-electron chi connectivity index (χ2n) is 2.52. The Hall–Kier alpha value is -1.65. The van der Waals surface area contributed by atoms with Crippen molar-refractivity contribution in [3.05, 3.63) is 24.8 Å². The van der Waals surface area contributed by atoms with Gasteiger partial charge in [-0.25, -0.2) is 14.5 Å². The molecule has 0 fully saturated rings. The van der Waals surface area contributed by atoms with E-state index in [-0.39, 0.29) is 11.9 Å². The first-order chi connectivity index (χ1) is 6.19. The molecule has 70 valence electrons. The van der Waals surface area contributed by atoms with E-state index in [1.165, 1.54) is 13.4 Å². The van der Waals surface area contributed by atoms with Crippen LogP contribution in [-0.4, -0.2) is 27.8 Å². The largest absolute Gasteiger partial charge is 0.463 e. The SMILES string of the molecule is C=CC(C)n1cnc(C(=O)OC)n1. The number of carbonyl (C=O) groups excluding carboxylic acids is 1. The van der Waals surface area contributed by atoms with Crippen molar-refractivity contribution < 1.29 is 9.53 Å². The molecule has 0 radical (unpaired) electrons. The molecule has 13 heavy (non-hydrogen) atoms. The zero-order valence-corrected chi connectivity index (χ0v) is 7.60. The van der Waals surface area contributed by atoms with E-state index < -0.39 is 5.97 Å². The second kappa shape index (κ2) is 3.84. The third kappa shape index (κ3) is 1.93. The number of hydrogen-bond acceptors (Lipinski definition) is 4. The lowest BCUT2D eigenvalue weighted by atomic mass is 10.3. The van der Waals surface area contributed by atoms with Gasteiger partial charge in [-0.2, -0.15) is 0 Å². The molecule has 1 rings (SSSR count). The first-order valence-electron chi connectivity index (χ1n) is 3.81. The van der Waals surface area contributed by atoms with Gasteiger partial charge in [0.15, 0.2) is 0 Å². The Balaban J connectivity index is 2.86. The zero-order chi connectivity index (χ0) is 9.84. The normalized spacial score (nSPS) is 12.2. The minimum absolute atomic E-state index is 0.0194. The molecule has 0 aliphatic rings. The minimum atomic E-state index is -0.532. The molecule has 0 saturated carbocycles. The monoisotopic (exact) mass is 181 g/mol. The van der Waals surface area contributed by atoms with E-state index in [2.05, 4.69) is 21.4 Å². The molecule has 0 aliphatic heterocycles. The first kappa shape index (κ1) is 9.44. The Morgan fingerprint density at radius 1 is 1.85 bits per heavy atom. The highest BCUT2D eigenvalue weighted by atomic mass is 16.5. The highest BCUT2D eigenvalue weighted by molar-refractivity contribution is 5.84. The summed E-state index contributed by atoms with van der Waals surface area (Å²) in [5.41, 5.74) is 0. The molecule has 0 aromatic carbocycles. The molecular weight excluding hydrogens is 170 g/mol. The highest BCUT2D eigenvalue weighted by Gasteiger charge is 2.12. The van der Waals surface area contributed by atoms with Crippen molar-refractivity contribution in [1.82, 2.24) is 14.8 Å². The van der Waals surface area contributed by atoms with Crippen LogP contribution in [-0.2, 0) is 4.74 Å². The third-order valence-corrected chi connectivity index (χ3v) is 1.63. The summed E-state index contributed by atoms with van der Waals surface area (Å²) in [6.07, 6.45) is 3.17. The van der Waals surface area contributed by atoms with Crippen molar-refractivity contribution in [3.8, 4) is 0 Å². The van der Waals surface area contributed by atoms with E-state index in [1.54, 1.807) is 10.8 Å². The lowest BCUT2D eigenvalue weighted by Gasteiger charge is -2.02. The van der Waals surface area contributed by atoms with Crippen molar-refractivity contribution in [2.45, 2.75) is 13.0 Å². The molecule has 1 aromatic heterocycles. The van der Waals surface area contributed by atoms with E-state index in [1.807, 2.05) is 6.92 Å². The molecule has 0 amide bonds. The molecule has 1 unspecified atom stereocenters. The van der Waals surface area contributed by atoms with Gasteiger partial charge in [0.2, 0.25) is 0 Å². The quantitative estimate of drug-likeness (QED) is 0.511. The molecular formula is C8H11N3O2. The minimum Gasteiger partial charge on any atom is -0.463 e. The van der Waals surface area contributed by atoms with Gasteiger partial charge in [0.1, 0.15) is 6.33 Å². The maximum atomic E-state index is 11.0. The molecule has 0 bridgehead atoms. The Kier molecular flexibility index (Phi) is 2.79. The predicted octanol–water partition coefficient (Wildman–Crippen LogP) is 0.812. The first-order valence-corrected chi connectivity index (χ1v) is 3.81. The summed E-state index contributed by atoms with van der Waals surface area (Å²) in [4.78, 5) is 14.7. The number of aromatic nitrogens is 3. The summed E-state index contributed by atoms with van der Waals surface area (Å²) in [7, 11) is 1.29.